The van der Waals surface area contributed by atoms with Gasteiger partial charge in [0.2, 0.25) is 0 Å². The van der Waals surface area contributed by atoms with Crippen LogP contribution in [0.5, 0.6) is 11.5 Å². The maximum absolute atomic E-state index is 12.0. The average Bonchev–Trinajstić information content (AvgIpc) is 3.21. The van der Waals surface area contributed by atoms with Crippen molar-refractivity contribution < 1.29 is 14.3 Å². The lowest BCUT2D eigenvalue weighted by atomic mass is 9.82. The van der Waals surface area contributed by atoms with Crippen LogP contribution in [0.1, 0.15) is 56.4 Å². The van der Waals surface area contributed by atoms with Gasteiger partial charge in [-0.15, -0.1) is 0 Å². The van der Waals surface area contributed by atoms with E-state index in [0.717, 1.165) is 47.5 Å². The topological polar surface area (TPSA) is 93.2 Å². The minimum Gasteiger partial charge on any atom is -0.457 e. The molecule has 1 saturated carbocycles. The van der Waals surface area contributed by atoms with E-state index in [1.54, 1.807) is 36.7 Å². The number of fused-ring (bicyclic) bond motifs is 1. The maximum atomic E-state index is 12.0. The summed E-state index contributed by atoms with van der Waals surface area (Å²) in [4.78, 5) is 32.6. The average molecular weight is 467 g/mol. The van der Waals surface area contributed by atoms with Gasteiger partial charge in [-0.1, -0.05) is 25.2 Å². The Hall–Kier alpha value is -3.00. The summed E-state index contributed by atoms with van der Waals surface area (Å²) in [5.41, 5.74) is 1.23. The Bertz CT molecular complexity index is 1140. The van der Waals surface area contributed by atoms with Crippen molar-refractivity contribution >= 4 is 38.4 Å². The first-order chi connectivity index (χ1) is 15.9. The van der Waals surface area contributed by atoms with Crippen molar-refractivity contribution in [2.75, 3.05) is 12.4 Å². The quantitative estimate of drug-likeness (QED) is 0.460. The van der Waals surface area contributed by atoms with Crippen LogP contribution in [0.4, 0.5) is 5.13 Å². The molecule has 0 unspecified atom stereocenters. The Kier molecular flexibility index (Phi) is 7.23. The molecule has 0 radical (unpaired) electrons. The number of benzene rings is 1. The number of hydrogen-bond acceptors (Lipinski definition) is 7. The molecular formula is C25H30N4O3S. The number of Topliss-reactive ketones (excluding diaryl/α,β-unsaturated/α-hetero) is 1. The van der Waals surface area contributed by atoms with E-state index in [9.17, 15) is 9.59 Å². The number of hydrogen-bond donors (Lipinski definition) is 2. The van der Waals surface area contributed by atoms with Crippen molar-refractivity contribution in [2.24, 2.45) is 11.8 Å². The van der Waals surface area contributed by atoms with Crippen molar-refractivity contribution in [2.45, 2.75) is 52.0 Å². The Morgan fingerprint density at radius 2 is 1.88 bits per heavy atom. The Labute approximate surface area is 198 Å². The number of carbonyl (C=O) groups excluding carboxylic acids is 2. The van der Waals surface area contributed by atoms with E-state index in [1.165, 1.54) is 0 Å². The Morgan fingerprint density at radius 3 is 2.61 bits per heavy atom. The van der Waals surface area contributed by atoms with Crippen LogP contribution in [-0.2, 0) is 4.79 Å². The molecule has 33 heavy (non-hydrogen) atoms. The second-order valence-electron chi connectivity index (χ2n) is 8.89. The fraction of sp³-hybridized carbons (Fsp3) is 0.440. The van der Waals surface area contributed by atoms with Gasteiger partial charge in [-0.3, -0.25) is 14.6 Å². The van der Waals surface area contributed by atoms with Crippen molar-refractivity contribution in [3.63, 3.8) is 0 Å². The number of aromatic nitrogens is 2. The van der Waals surface area contributed by atoms with E-state index < -0.39 is 0 Å². The van der Waals surface area contributed by atoms with Gasteiger partial charge in [0, 0.05) is 43.8 Å². The minimum atomic E-state index is -0.255. The number of thiazole rings is 1. The summed E-state index contributed by atoms with van der Waals surface area (Å²) in [6, 6.07) is 9.53. The lowest BCUT2D eigenvalue weighted by Crippen LogP contribution is -2.27. The molecule has 0 bridgehead atoms. The molecule has 1 aromatic carbocycles. The molecule has 1 aliphatic carbocycles. The summed E-state index contributed by atoms with van der Waals surface area (Å²) in [5, 5.41) is 7.07. The lowest BCUT2D eigenvalue weighted by Gasteiger charge is -2.29. The van der Waals surface area contributed by atoms with E-state index in [1.807, 2.05) is 32.0 Å². The van der Waals surface area contributed by atoms with Crippen LogP contribution < -0.4 is 15.4 Å². The fourth-order valence-corrected chi connectivity index (χ4v) is 5.07. The van der Waals surface area contributed by atoms with E-state index >= 15 is 0 Å². The summed E-state index contributed by atoms with van der Waals surface area (Å²) in [6.45, 7) is 3.97. The molecule has 0 atom stereocenters. The number of anilines is 1. The number of rotatable bonds is 8. The molecule has 2 aromatic heterocycles. The first-order valence-corrected chi connectivity index (χ1v) is 12.3. The third kappa shape index (κ3) is 5.87. The number of carbonyl (C=O) groups is 2. The SMILES string of the molecule is CNC(=O)c1cc(Oc2ccc3nc(NC4CCC(CC(=O)C(C)C)CC4)sc3c2)ccn1. The molecule has 2 heterocycles. The van der Waals surface area contributed by atoms with Crippen molar-refractivity contribution in [1.29, 1.82) is 0 Å². The number of nitrogens with one attached hydrogen (secondary N) is 2. The van der Waals surface area contributed by atoms with Gasteiger partial charge < -0.3 is 15.4 Å². The number of nitrogens with zero attached hydrogens (tertiary/aromatic N) is 2. The standard InChI is InChI=1S/C25H30N4O3S/c1-15(2)22(30)12-16-4-6-17(7-5-16)28-25-29-20-9-8-18(14-23(20)33-25)32-19-10-11-27-21(13-19)24(31)26-3/h8-11,13-17H,4-7,12H2,1-3H3,(H,26,31)(H,28,29). The zero-order valence-electron chi connectivity index (χ0n) is 19.3. The van der Waals surface area contributed by atoms with Gasteiger partial charge in [0.25, 0.3) is 5.91 Å². The molecule has 1 fully saturated rings. The van der Waals surface area contributed by atoms with Gasteiger partial charge in [0.1, 0.15) is 23.0 Å². The van der Waals surface area contributed by atoms with Gasteiger partial charge in [-0.05, 0) is 49.8 Å². The largest absolute Gasteiger partial charge is 0.457 e. The molecule has 1 aliphatic rings. The smallest absolute Gasteiger partial charge is 0.269 e. The molecule has 4 rings (SSSR count). The monoisotopic (exact) mass is 466 g/mol. The van der Waals surface area contributed by atoms with Crippen molar-refractivity contribution in [3.05, 3.63) is 42.2 Å². The molecule has 0 aliphatic heterocycles. The summed E-state index contributed by atoms with van der Waals surface area (Å²) in [5.74, 6) is 2.02. The molecule has 0 saturated heterocycles. The first-order valence-electron chi connectivity index (χ1n) is 11.5. The van der Waals surface area contributed by atoms with E-state index in [2.05, 4.69) is 15.6 Å². The number of ketones is 1. The highest BCUT2D eigenvalue weighted by Crippen LogP contribution is 2.34. The normalized spacial score (nSPS) is 18.3. The third-order valence-electron chi connectivity index (χ3n) is 6.09. The summed E-state index contributed by atoms with van der Waals surface area (Å²) < 4.78 is 6.99. The van der Waals surface area contributed by atoms with Crippen LogP contribution in [0.3, 0.4) is 0 Å². The molecule has 8 heteroatoms. The third-order valence-corrected chi connectivity index (χ3v) is 7.04. The first kappa shape index (κ1) is 23.2. The van der Waals surface area contributed by atoms with E-state index in [-0.39, 0.29) is 11.8 Å². The Balaban J connectivity index is 1.37. The summed E-state index contributed by atoms with van der Waals surface area (Å²) >= 11 is 1.61. The van der Waals surface area contributed by atoms with Gasteiger partial charge in [0.15, 0.2) is 5.13 Å². The number of ether oxygens (including phenoxy) is 1. The molecule has 7 nitrogen and oxygen atoms in total. The molecule has 0 spiro atoms. The van der Waals surface area contributed by atoms with Crippen molar-refractivity contribution in [3.8, 4) is 11.5 Å². The second-order valence-corrected chi connectivity index (χ2v) is 9.92. The van der Waals surface area contributed by atoms with E-state index in [0.29, 0.717) is 34.9 Å². The van der Waals surface area contributed by atoms with Crippen molar-refractivity contribution in [1.82, 2.24) is 15.3 Å². The molecule has 3 aromatic rings. The highest BCUT2D eigenvalue weighted by molar-refractivity contribution is 7.22. The maximum Gasteiger partial charge on any atom is 0.269 e. The Morgan fingerprint density at radius 1 is 1.12 bits per heavy atom. The van der Waals surface area contributed by atoms with Crippen LogP contribution in [0.25, 0.3) is 10.2 Å². The highest BCUT2D eigenvalue weighted by atomic mass is 32.1. The zero-order chi connectivity index (χ0) is 23.4. The van der Waals surface area contributed by atoms with Crippen LogP contribution >= 0.6 is 11.3 Å². The number of pyridine rings is 1. The predicted octanol–water partition coefficient (Wildman–Crippen LogP) is 5.43. The van der Waals surface area contributed by atoms with Gasteiger partial charge in [0.05, 0.1) is 10.2 Å². The predicted molar refractivity (Wildman–Crippen MR) is 131 cm³/mol. The molecule has 1 amide bonds. The second kappa shape index (κ2) is 10.3. The molecule has 2 N–H and O–H groups in total. The summed E-state index contributed by atoms with van der Waals surface area (Å²) in [6.07, 6.45) is 6.58. The lowest BCUT2D eigenvalue weighted by molar-refractivity contribution is -0.123. The van der Waals surface area contributed by atoms with Crippen LogP contribution in [-0.4, -0.2) is 34.7 Å². The fourth-order valence-electron chi connectivity index (χ4n) is 4.10. The van der Waals surface area contributed by atoms with Gasteiger partial charge >= 0.3 is 0 Å². The number of amides is 1. The molecular weight excluding hydrogens is 436 g/mol. The molecule has 174 valence electrons. The minimum absolute atomic E-state index is 0.133. The van der Waals surface area contributed by atoms with Gasteiger partial charge in [-0.25, -0.2) is 4.98 Å². The highest BCUT2D eigenvalue weighted by Gasteiger charge is 2.24. The summed E-state index contributed by atoms with van der Waals surface area (Å²) in [7, 11) is 1.57. The van der Waals surface area contributed by atoms with Gasteiger partial charge in [-0.2, -0.15) is 0 Å². The zero-order valence-corrected chi connectivity index (χ0v) is 20.1. The van der Waals surface area contributed by atoms with E-state index in [4.69, 9.17) is 9.72 Å². The van der Waals surface area contributed by atoms with Crippen LogP contribution in [0, 0.1) is 11.8 Å². The van der Waals surface area contributed by atoms with Crippen LogP contribution in [0.15, 0.2) is 36.5 Å². The van der Waals surface area contributed by atoms with Crippen LogP contribution in [0.2, 0.25) is 0 Å².